The minimum absolute atomic E-state index is 0.201. The third kappa shape index (κ3) is 3.42. The molecule has 0 bridgehead atoms. The van der Waals surface area contributed by atoms with Crippen molar-refractivity contribution in [1.82, 2.24) is 9.78 Å². The molecule has 0 atom stereocenters. The predicted molar refractivity (Wildman–Crippen MR) is 84.1 cm³/mol. The Labute approximate surface area is 139 Å². The molecule has 1 N–H and O–H groups in total. The largest absolute Gasteiger partial charge is 0.318 e. The van der Waals surface area contributed by atoms with Crippen molar-refractivity contribution < 1.29 is 18.0 Å². The summed E-state index contributed by atoms with van der Waals surface area (Å²) in [6.45, 7) is 0. The summed E-state index contributed by atoms with van der Waals surface area (Å²) in [5, 5.41) is 6.06. The summed E-state index contributed by atoms with van der Waals surface area (Å²) in [5.74, 6) is -3.64. The lowest BCUT2D eigenvalue weighted by Gasteiger charge is -2.08. The highest BCUT2D eigenvalue weighted by molar-refractivity contribution is 6.02. The molecule has 0 aliphatic rings. The molecule has 1 aromatic heterocycles. The average molecular weight is 345 g/mol. The van der Waals surface area contributed by atoms with E-state index in [1.54, 1.807) is 0 Å². The summed E-state index contributed by atoms with van der Waals surface area (Å²) < 4.78 is 40.7. The van der Waals surface area contributed by atoms with Gasteiger partial charge in [-0.15, -0.1) is 0 Å². The minimum Gasteiger partial charge on any atom is -0.318 e. The summed E-state index contributed by atoms with van der Waals surface area (Å²) in [6, 6.07) is 10.5. The normalized spacial score (nSPS) is 10.5. The van der Waals surface area contributed by atoms with Crippen molar-refractivity contribution in [1.29, 1.82) is 0 Å². The van der Waals surface area contributed by atoms with Crippen molar-refractivity contribution in [3.8, 4) is 5.69 Å². The number of hydrogen-bond donors (Lipinski definition) is 1. The summed E-state index contributed by atoms with van der Waals surface area (Å²) in [5.41, 5.74) is -0.850. The number of halogens is 3. The van der Waals surface area contributed by atoms with Crippen LogP contribution in [0.15, 0.2) is 59.4 Å². The number of nitrogens with zero attached hydrogens (tertiary/aromatic N) is 2. The second-order valence-electron chi connectivity index (χ2n) is 5.00. The van der Waals surface area contributed by atoms with Gasteiger partial charge in [0.1, 0.15) is 11.5 Å². The van der Waals surface area contributed by atoms with Gasteiger partial charge in [-0.2, -0.15) is 9.78 Å². The van der Waals surface area contributed by atoms with Gasteiger partial charge in [0.15, 0.2) is 11.6 Å². The molecule has 0 fully saturated rings. The number of carbonyl (C=O) groups is 1. The Kier molecular flexibility index (Phi) is 4.34. The first-order chi connectivity index (χ1) is 12.0. The lowest BCUT2D eigenvalue weighted by Crippen LogP contribution is -2.25. The van der Waals surface area contributed by atoms with Crippen molar-refractivity contribution in [2.45, 2.75) is 0 Å². The maximum absolute atomic E-state index is 13.6. The molecule has 0 saturated heterocycles. The topological polar surface area (TPSA) is 64.0 Å². The summed E-state index contributed by atoms with van der Waals surface area (Å²) in [6.07, 6.45) is 0. The first-order valence-electron chi connectivity index (χ1n) is 7.07. The van der Waals surface area contributed by atoms with Crippen molar-refractivity contribution in [2.24, 2.45) is 0 Å². The lowest BCUT2D eigenvalue weighted by molar-refractivity contribution is 0.102. The molecule has 0 aliphatic heterocycles. The van der Waals surface area contributed by atoms with Gasteiger partial charge in [0.25, 0.3) is 11.5 Å². The van der Waals surface area contributed by atoms with E-state index in [4.69, 9.17) is 0 Å². The maximum Gasteiger partial charge on any atom is 0.276 e. The van der Waals surface area contributed by atoms with Crippen LogP contribution in [0.25, 0.3) is 5.69 Å². The fourth-order valence-corrected chi connectivity index (χ4v) is 2.09. The fraction of sp³-hybridized carbons (Fsp3) is 0. The van der Waals surface area contributed by atoms with Crippen LogP contribution in [-0.4, -0.2) is 15.7 Å². The number of anilines is 1. The molecule has 0 spiro atoms. The highest BCUT2D eigenvalue weighted by Gasteiger charge is 2.14. The van der Waals surface area contributed by atoms with Gasteiger partial charge in [0.2, 0.25) is 0 Å². The molecular weight excluding hydrogens is 335 g/mol. The van der Waals surface area contributed by atoms with Crippen LogP contribution in [0.5, 0.6) is 0 Å². The van der Waals surface area contributed by atoms with Gasteiger partial charge in [-0.05, 0) is 42.5 Å². The maximum atomic E-state index is 13.6. The van der Waals surface area contributed by atoms with Crippen LogP contribution in [-0.2, 0) is 0 Å². The quantitative estimate of drug-likeness (QED) is 0.794. The van der Waals surface area contributed by atoms with Crippen LogP contribution < -0.4 is 10.9 Å². The van der Waals surface area contributed by atoms with E-state index in [1.807, 2.05) is 0 Å². The zero-order valence-electron chi connectivity index (χ0n) is 12.5. The van der Waals surface area contributed by atoms with E-state index >= 15 is 0 Å². The summed E-state index contributed by atoms with van der Waals surface area (Å²) in [7, 11) is 0. The highest BCUT2D eigenvalue weighted by Crippen LogP contribution is 2.17. The van der Waals surface area contributed by atoms with Crippen LogP contribution in [0, 0.1) is 17.5 Å². The third-order valence-corrected chi connectivity index (χ3v) is 3.30. The molecule has 8 heteroatoms. The molecule has 0 unspecified atom stereocenters. The Morgan fingerprint density at radius 3 is 2.40 bits per heavy atom. The van der Waals surface area contributed by atoms with Crippen molar-refractivity contribution in [3.63, 3.8) is 0 Å². The van der Waals surface area contributed by atoms with E-state index in [2.05, 4.69) is 10.4 Å². The number of amides is 1. The number of carbonyl (C=O) groups excluding carboxylic acids is 1. The summed E-state index contributed by atoms with van der Waals surface area (Å²) in [4.78, 5) is 24.1. The van der Waals surface area contributed by atoms with Gasteiger partial charge < -0.3 is 5.32 Å². The van der Waals surface area contributed by atoms with Gasteiger partial charge in [-0.25, -0.2) is 13.2 Å². The Balaban J connectivity index is 1.94. The first-order valence-corrected chi connectivity index (χ1v) is 7.07. The molecule has 0 aliphatic carbocycles. The highest BCUT2D eigenvalue weighted by atomic mass is 19.2. The third-order valence-electron chi connectivity index (χ3n) is 3.30. The van der Waals surface area contributed by atoms with E-state index in [9.17, 15) is 22.8 Å². The molecule has 126 valence electrons. The van der Waals surface area contributed by atoms with Crippen molar-refractivity contribution in [2.75, 3.05) is 5.32 Å². The van der Waals surface area contributed by atoms with Crippen LogP contribution in [0.3, 0.4) is 0 Å². The molecule has 0 saturated carbocycles. The molecule has 3 rings (SSSR count). The van der Waals surface area contributed by atoms with Gasteiger partial charge in [-0.3, -0.25) is 9.59 Å². The van der Waals surface area contributed by atoms with E-state index in [1.165, 1.54) is 24.3 Å². The number of nitrogens with one attached hydrogen (secondary N) is 1. The van der Waals surface area contributed by atoms with Crippen LogP contribution in [0.1, 0.15) is 10.5 Å². The number of aromatic nitrogens is 2. The minimum atomic E-state index is -1.21. The van der Waals surface area contributed by atoms with Crippen LogP contribution in [0.4, 0.5) is 18.9 Å². The molecule has 5 nitrogen and oxygen atoms in total. The Hall–Kier alpha value is -3.42. The Bertz CT molecular complexity index is 1000. The first kappa shape index (κ1) is 16.4. The Morgan fingerprint density at radius 1 is 0.960 bits per heavy atom. The van der Waals surface area contributed by atoms with Gasteiger partial charge in [0, 0.05) is 6.07 Å². The second kappa shape index (κ2) is 6.60. The molecule has 2 aromatic carbocycles. The second-order valence-corrected chi connectivity index (χ2v) is 5.00. The Morgan fingerprint density at radius 2 is 1.68 bits per heavy atom. The van der Waals surface area contributed by atoms with Crippen LogP contribution in [0.2, 0.25) is 0 Å². The van der Waals surface area contributed by atoms with Crippen LogP contribution >= 0.6 is 0 Å². The number of benzene rings is 2. The van der Waals surface area contributed by atoms with Gasteiger partial charge >= 0.3 is 0 Å². The fourth-order valence-electron chi connectivity index (χ4n) is 2.09. The molecule has 1 amide bonds. The number of rotatable bonds is 3. The molecule has 0 radical (unpaired) electrons. The molecular formula is C17H10F3N3O2. The number of hydrogen-bond acceptors (Lipinski definition) is 3. The average Bonchev–Trinajstić information content (AvgIpc) is 2.60. The van der Waals surface area contributed by atoms with Crippen molar-refractivity contribution in [3.05, 3.63) is 88.1 Å². The SMILES string of the molecule is O=C(Nc1cccc(F)c1F)c1ccc(=O)n(-c2ccc(F)cc2)n1. The molecule has 3 aromatic rings. The van der Waals surface area contributed by atoms with E-state index < -0.39 is 28.9 Å². The predicted octanol–water partition coefficient (Wildman–Crippen LogP) is 2.90. The van der Waals surface area contributed by atoms with E-state index in [-0.39, 0.29) is 17.1 Å². The van der Waals surface area contributed by atoms with Gasteiger partial charge in [0.05, 0.1) is 11.4 Å². The standard InChI is InChI=1S/C17H10F3N3O2/c18-10-4-6-11(7-5-10)23-15(24)9-8-14(22-23)17(25)21-13-3-1-2-12(19)16(13)20/h1-9H,(H,21,25). The molecule has 25 heavy (non-hydrogen) atoms. The van der Waals surface area contributed by atoms with Gasteiger partial charge in [-0.1, -0.05) is 6.07 Å². The van der Waals surface area contributed by atoms with Crippen molar-refractivity contribution >= 4 is 11.6 Å². The monoisotopic (exact) mass is 345 g/mol. The van der Waals surface area contributed by atoms with E-state index in [0.717, 1.165) is 35.0 Å². The van der Waals surface area contributed by atoms with E-state index in [0.29, 0.717) is 0 Å². The lowest BCUT2D eigenvalue weighted by atomic mass is 10.2. The smallest absolute Gasteiger partial charge is 0.276 e. The molecule has 1 heterocycles. The zero-order valence-corrected chi connectivity index (χ0v) is 12.5. The zero-order chi connectivity index (χ0) is 18.0. The summed E-state index contributed by atoms with van der Waals surface area (Å²) >= 11 is 0.